The number of amides is 1. The highest BCUT2D eigenvalue weighted by Gasteiger charge is 2.31. The average molecular weight is 534 g/mol. The highest BCUT2D eigenvalue weighted by Crippen LogP contribution is 2.38. The second-order valence-corrected chi connectivity index (χ2v) is 9.44. The number of anilines is 1. The van der Waals surface area contributed by atoms with Crippen LogP contribution in [0.2, 0.25) is 5.02 Å². The summed E-state index contributed by atoms with van der Waals surface area (Å²) in [5.41, 5.74) is 4.03. The fourth-order valence-electron chi connectivity index (χ4n) is 3.83. The number of hydrogen-bond donors (Lipinski definition) is 0. The van der Waals surface area contributed by atoms with E-state index in [1.165, 1.54) is 35.6 Å². The van der Waals surface area contributed by atoms with Gasteiger partial charge in [0.2, 0.25) is 5.13 Å². The molecule has 1 aliphatic rings. The number of thiazole rings is 1. The van der Waals surface area contributed by atoms with Crippen molar-refractivity contribution in [3.05, 3.63) is 99.6 Å². The van der Waals surface area contributed by atoms with E-state index in [2.05, 4.69) is 10.1 Å². The number of halogens is 2. The molecular weight excluding hydrogens is 513 g/mol. The van der Waals surface area contributed by atoms with Crippen molar-refractivity contribution in [1.29, 1.82) is 0 Å². The molecule has 0 N–H and O–H groups in total. The van der Waals surface area contributed by atoms with E-state index in [0.29, 0.717) is 44.1 Å². The van der Waals surface area contributed by atoms with Crippen LogP contribution in [0.5, 0.6) is 11.5 Å². The van der Waals surface area contributed by atoms with Crippen molar-refractivity contribution in [2.24, 2.45) is 5.10 Å². The number of carbonyl (C=O) groups is 1. The zero-order valence-corrected chi connectivity index (χ0v) is 21.5. The molecule has 0 radical (unpaired) electrons. The molecule has 2 heterocycles. The van der Waals surface area contributed by atoms with Gasteiger partial charge >= 0.3 is 0 Å². The van der Waals surface area contributed by atoms with Crippen LogP contribution in [-0.2, 0) is 11.4 Å². The first-order chi connectivity index (χ1) is 17.9. The molecule has 1 amide bonds. The van der Waals surface area contributed by atoms with Gasteiger partial charge in [0.15, 0.2) is 11.5 Å². The molecule has 0 bridgehead atoms. The lowest BCUT2D eigenvalue weighted by atomic mass is 10.1. The van der Waals surface area contributed by atoms with Gasteiger partial charge in [-0.05, 0) is 48.4 Å². The molecular formula is C28H21ClFN3O3S. The maximum Gasteiger partial charge on any atom is 0.282 e. The number of aromatic nitrogens is 1. The molecule has 37 heavy (non-hydrogen) atoms. The molecule has 186 valence electrons. The van der Waals surface area contributed by atoms with Crippen molar-refractivity contribution in [2.45, 2.75) is 13.5 Å². The van der Waals surface area contributed by atoms with Crippen LogP contribution >= 0.6 is 22.9 Å². The van der Waals surface area contributed by atoms with E-state index >= 15 is 0 Å². The summed E-state index contributed by atoms with van der Waals surface area (Å²) in [6, 6.07) is 19.3. The molecule has 4 aromatic rings. The predicted octanol–water partition coefficient (Wildman–Crippen LogP) is 7.00. The van der Waals surface area contributed by atoms with Gasteiger partial charge in [0.05, 0.1) is 29.1 Å². The smallest absolute Gasteiger partial charge is 0.282 e. The van der Waals surface area contributed by atoms with E-state index in [-0.39, 0.29) is 18.3 Å². The Morgan fingerprint density at radius 1 is 1.11 bits per heavy atom. The summed E-state index contributed by atoms with van der Waals surface area (Å²) in [5, 5.41) is 8.44. The third-order valence-corrected chi connectivity index (χ3v) is 6.74. The molecule has 1 aromatic heterocycles. The predicted molar refractivity (Wildman–Crippen MR) is 145 cm³/mol. The lowest BCUT2D eigenvalue weighted by Gasteiger charge is -2.14. The zero-order chi connectivity index (χ0) is 25.9. The topological polar surface area (TPSA) is 64.0 Å². The number of rotatable bonds is 7. The van der Waals surface area contributed by atoms with Gasteiger partial charge in [0, 0.05) is 10.9 Å². The van der Waals surface area contributed by atoms with Crippen molar-refractivity contribution in [3.63, 3.8) is 0 Å². The SMILES string of the molecule is COc1cc(C=C2C(=O)N(c3nc(-c4ccccc4)cs3)N=C2C)cc(Cl)c1OCc1cccc(F)c1. The minimum Gasteiger partial charge on any atom is -0.493 e. The maximum atomic E-state index is 13.5. The molecule has 0 aliphatic carbocycles. The second kappa shape index (κ2) is 10.5. The molecule has 1 aliphatic heterocycles. The summed E-state index contributed by atoms with van der Waals surface area (Å²) >= 11 is 7.86. The Morgan fingerprint density at radius 3 is 2.68 bits per heavy atom. The molecule has 9 heteroatoms. The van der Waals surface area contributed by atoms with Crippen molar-refractivity contribution in [3.8, 4) is 22.8 Å². The van der Waals surface area contributed by atoms with E-state index in [1.807, 2.05) is 35.7 Å². The number of carbonyl (C=O) groups excluding carboxylic acids is 1. The van der Waals surface area contributed by atoms with E-state index in [4.69, 9.17) is 21.1 Å². The molecule has 6 nitrogen and oxygen atoms in total. The molecule has 0 saturated heterocycles. The number of methoxy groups -OCH3 is 1. The first-order valence-corrected chi connectivity index (χ1v) is 12.6. The number of hydrogen-bond acceptors (Lipinski definition) is 6. The highest BCUT2D eigenvalue weighted by molar-refractivity contribution is 7.14. The zero-order valence-electron chi connectivity index (χ0n) is 19.9. The Kier molecular flexibility index (Phi) is 7.03. The lowest BCUT2D eigenvalue weighted by Crippen LogP contribution is -2.21. The van der Waals surface area contributed by atoms with Crippen LogP contribution in [0.3, 0.4) is 0 Å². The first-order valence-electron chi connectivity index (χ1n) is 11.3. The summed E-state index contributed by atoms with van der Waals surface area (Å²) in [6.45, 7) is 1.89. The third-order valence-electron chi connectivity index (χ3n) is 5.64. The molecule has 0 spiro atoms. The van der Waals surface area contributed by atoms with Crippen LogP contribution in [0.4, 0.5) is 9.52 Å². The van der Waals surface area contributed by atoms with Crippen LogP contribution in [0, 0.1) is 5.82 Å². The first kappa shape index (κ1) is 24.7. The summed E-state index contributed by atoms with van der Waals surface area (Å²) in [6.07, 6.45) is 1.71. The Hall–Kier alpha value is -4.01. The molecule has 0 unspecified atom stereocenters. The van der Waals surface area contributed by atoms with Crippen LogP contribution in [-0.4, -0.2) is 23.7 Å². The van der Waals surface area contributed by atoms with E-state index in [9.17, 15) is 9.18 Å². The Balaban J connectivity index is 1.38. The second-order valence-electron chi connectivity index (χ2n) is 8.19. The molecule has 0 fully saturated rings. The maximum absolute atomic E-state index is 13.5. The summed E-state index contributed by atoms with van der Waals surface area (Å²) in [5.74, 6) is 0.0899. The number of hydrazone groups is 1. The Labute approximate surface area is 222 Å². The van der Waals surface area contributed by atoms with Crippen molar-refractivity contribution in [2.75, 3.05) is 12.1 Å². The number of benzene rings is 3. The van der Waals surface area contributed by atoms with Gasteiger partial charge in [-0.2, -0.15) is 10.1 Å². The molecule has 0 atom stereocenters. The van der Waals surface area contributed by atoms with Gasteiger partial charge in [-0.25, -0.2) is 9.37 Å². The average Bonchev–Trinajstić information content (AvgIpc) is 3.49. The van der Waals surface area contributed by atoms with Gasteiger partial charge in [-0.1, -0.05) is 54.1 Å². The minimum atomic E-state index is -0.345. The van der Waals surface area contributed by atoms with E-state index < -0.39 is 0 Å². The van der Waals surface area contributed by atoms with Crippen molar-refractivity contribution < 1.29 is 18.7 Å². The largest absolute Gasteiger partial charge is 0.493 e. The Bertz CT molecular complexity index is 1530. The summed E-state index contributed by atoms with van der Waals surface area (Å²) in [7, 11) is 1.50. The highest BCUT2D eigenvalue weighted by atomic mass is 35.5. The molecule has 0 saturated carbocycles. The fourth-order valence-corrected chi connectivity index (χ4v) is 4.88. The van der Waals surface area contributed by atoms with Crippen molar-refractivity contribution >= 4 is 45.8 Å². The van der Waals surface area contributed by atoms with Crippen LogP contribution in [0.25, 0.3) is 17.3 Å². The van der Waals surface area contributed by atoms with Crippen LogP contribution in [0.15, 0.2) is 82.8 Å². The van der Waals surface area contributed by atoms with E-state index in [0.717, 1.165) is 11.3 Å². The Morgan fingerprint density at radius 2 is 1.92 bits per heavy atom. The van der Waals surface area contributed by atoms with Crippen LogP contribution in [0.1, 0.15) is 18.1 Å². The fraction of sp³-hybridized carbons (Fsp3) is 0.107. The van der Waals surface area contributed by atoms with E-state index in [1.54, 1.807) is 37.3 Å². The standard InChI is InChI=1S/C28H21ClFN3O3S/c1-17-22(27(34)33(32-17)28-31-24(16-37-28)20-8-4-3-5-9-20)12-19-13-23(29)26(25(14-19)35-2)36-15-18-7-6-10-21(30)11-18/h3-14,16H,15H2,1-2H3. The van der Waals surface area contributed by atoms with Gasteiger partial charge in [-0.15, -0.1) is 11.3 Å². The van der Waals surface area contributed by atoms with Crippen molar-refractivity contribution in [1.82, 2.24) is 4.98 Å². The minimum absolute atomic E-state index is 0.117. The molecule has 3 aromatic carbocycles. The summed E-state index contributed by atoms with van der Waals surface area (Å²) < 4.78 is 24.8. The van der Waals surface area contributed by atoms with Gasteiger partial charge in [0.25, 0.3) is 5.91 Å². The lowest BCUT2D eigenvalue weighted by molar-refractivity contribution is -0.114. The normalized spacial score (nSPS) is 14.3. The third kappa shape index (κ3) is 5.26. The summed E-state index contributed by atoms with van der Waals surface area (Å²) in [4.78, 5) is 17.9. The number of ether oxygens (including phenoxy) is 2. The number of nitrogens with zero attached hydrogens (tertiary/aromatic N) is 3. The van der Waals surface area contributed by atoms with Gasteiger partial charge in [-0.3, -0.25) is 4.79 Å². The molecule has 5 rings (SSSR count). The monoisotopic (exact) mass is 533 g/mol. The van der Waals surface area contributed by atoms with Crippen LogP contribution < -0.4 is 14.5 Å². The van der Waals surface area contributed by atoms with Gasteiger partial charge in [0.1, 0.15) is 12.4 Å². The quantitative estimate of drug-likeness (QED) is 0.240. The van der Waals surface area contributed by atoms with Gasteiger partial charge < -0.3 is 9.47 Å².